The van der Waals surface area contributed by atoms with Crippen LogP contribution in [-0.4, -0.2) is 17.4 Å². The number of hydrogen-bond donors (Lipinski definition) is 1. The maximum absolute atomic E-state index is 11.1. The Hall–Kier alpha value is -2.16. The van der Waals surface area contributed by atoms with Crippen molar-refractivity contribution in [3.63, 3.8) is 0 Å². The van der Waals surface area contributed by atoms with E-state index in [0.29, 0.717) is 21.9 Å². The van der Waals surface area contributed by atoms with Gasteiger partial charge < -0.3 is 5.11 Å². The van der Waals surface area contributed by atoms with Crippen molar-refractivity contribution < 1.29 is 14.7 Å². The van der Waals surface area contributed by atoms with Crippen LogP contribution in [0.15, 0.2) is 30.3 Å². The van der Waals surface area contributed by atoms with Gasteiger partial charge >= 0.3 is 5.97 Å². The van der Waals surface area contributed by atoms with Crippen LogP contribution in [0.5, 0.6) is 0 Å². The molecule has 0 unspecified atom stereocenters. The molecule has 2 aromatic rings. The minimum absolute atomic E-state index is 0.265. The number of aldehydes is 1. The minimum atomic E-state index is -0.967. The number of carboxylic acids is 1. The second-order valence-electron chi connectivity index (χ2n) is 3.62. The Balaban J connectivity index is 2.94. The average molecular weight is 214 g/mol. The van der Waals surface area contributed by atoms with Crippen molar-refractivity contribution in [2.24, 2.45) is 0 Å². The first-order chi connectivity index (χ1) is 7.65. The molecular weight excluding hydrogens is 204 g/mol. The first kappa shape index (κ1) is 10.4. The van der Waals surface area contributed by atoms with Crippen molar-refractivity contribution in [2.45, 2.75) is 6.92 Å². The predicted octanol–water partition coefficient (Wildman–Crippen LogP) is 2.66. The fraction of sp³-hybridized carbons (Fsp3) is 0.0769. The van der Waals surface area contributed by atoms with Crippen LogP contribution in [0.4, 0.5) is 0 Å². The van der Waals surface area contributed by atoms with E-state index in [1.807, 2.05) is 0 Å². The molecule has 0 bridgehead atoms. The summed E-state index contributed by atoms with van der Waals surface area (Å²) in [6.45, 7) is 1.75. The lowest BCUT2D eigenvalue weighted by atomic mass is 9.97. The molecule has 16 heavy (non-hydrogen) atoms. The number of carbonyl (C=O) groups is 2. The second kappa shape index (κ2) is 3.77. The molecular formula is C13H10O3. The molecule has 0 aromatic heterocycles. The summed E-state index contributed by atoms with van der Waals surface area (Å²) >= 11 is 0. The molecule has 0 atom stereocenters. The van der Waals surface area contributed by atoms with Crippen molar-refractivity contribution in [1.29, 1.82) is 0 Å². The van der Waals surface area contributed by atoms with Crippen LogP contribution in [0, 0.1) is 6.92 Å². The Kier molecular flexibility index (Phi) is 2.44. The van der Waals surface area contributed by atoms with Crippen molar-refractivity contribution in [2.75, 3.05) is 0 Å². The molecule has 0 fully saturated rings. The van der Waals surface area contributed by atoms with Gasteiger partial charge in [-0.25, -0.2) is 4.79 Å². The van der Waals surface area contributed by atoms with Gasteiger partial charge in [-0.05, 0) is 23.3 Å². The van der Waals surface area contributed by atoms with Gasteiger partial charge in [-0.15, -0.1) is 0 Å². The summed E-state index contributed by atoms with van der Waals surface area (Å²) in [5.74, 6) is -0.967. The quantitative estimate of drug-likeness (QED) is 0.782. The van der Waals surface area contributed by atoms with Gasteiger partial charge in [0.2, 0.25) is 0 Å². The minimum Gasteiger partial charge on any atom is -0.478 e. The highest BCUT2D eigenvalue weighted by atomic mass is 16.4. The van der Waals surface area contributed by atoms with Crippen molar-refractivity contribution in [1.82, 2.24) is 0 Å². The molecule has 3 heteroatoms. The van der Waals surface area contributed by atoms with Gasteiger partial charge in [-0.1, -0.05) is 30.3 Å². The summed E-state index contributed by atoms with van der Waals surface area (Å²) in [4.78, 5) is 22.0. The number of hydrogen-bond acceptors (Lipinski definition) is 2. The van der Waals surface area contributed by atoms with Crippen LogP contribution in [0.25, 0.3) is 10.8 Å². The molecule has 0 spiro atoms. The standard InChI is InChI=1S/C13H10O3/c1-8-5-6-10-9(7-14)3-2-4-11(10)12(8)13(15)16/h2-7H,1H3,(H,15,16). The summed E-state index contributed by atoms with van der Waals surface area (Å²) in [6.07, 6.45) is 0.739. The monoisotopic (exact) mass is 214 g/mol. The lowest BCUT2D eigenvalue weighted by Crippen LogP contribution is -2.01. The highest BCUT2D eigenvalue weighted by Gasteiger charge is 2.12. The fourth-order valence-corrected chi connectivity index (χ4v) is 1.88. The highest BCUT2D eigenvalue weighted by Crippen LogP contribution is 2.24. The van der Waals surface area contributed by atoms with Crippen LogP contribution < -0.4 is 0 Å². The Morgan fingerprint density at radius 3 is 2.56 bits per heavy atom. The van der Waals surface area contributed by atoms with Gasteiger partial charge in [0, 0.05) is 5.56 Å². The first-order valence-corrected chi connectivity index (χ1v) is 4.86. The molecule has 0 radical (unpaired) electrons. The average Bonchev–Trinajstić information content (AvgIpc) is 2.27. The topological polar surface area (TPSA) is 54.4 Å². The van der Waals surface area contributed by atoms with E-state index in [4.69, 9.17) is 5.11 Å². The SMILES string of the molecule is Cc1ccc2c(C=O)cccc2c1C(=O)O. The smallest absolute Gasteiger partial charge is 0.336 e. The third-order valence-electron chi connectivity index (χ3n) is 2.64. The Morgan fingerprint density at radius 1 is 1.19 bits per heavy atom. The molecule has 0 saturated carbocycles. The van der Waals surface area contributed by atoms with E-state index in [1.54, 1.807) is 37.3 Å². The van der Waals surface area contributed by atoms with Gasteiger partial charge in [0.1, 0.15) is 0 Å². The molecule has 2 aromatic carbocycles. The number of aromatic carboxylic acids is 1. The fourth-order valence-electron chi connectivity index (χ4n) is 1.88. The zero-order valence-corrected chi connectivity index (χ0v) is 8.73. The summed E-state index contributed by atoms with van der Waals surface area (Å²) in [5, 5.41) is 10.4. The van der Waals surface area contributed by atoms with E-state index >= 15 is 0 Å². The summed E-state index contributed by atoms with van der Waals surface area (Å²) in [6, 6.07) is 8.59. The third kappa shape index (κ3) is 1.46. The lowest BCUT2D eigenvalue weighted by molar-refractivity contribution is 0.0698. The van der Waals surface area contributed by atoms with Crippen LogP contribution >= 0.6 is 0 Å². The number of aryl methyl sites for hydroxylation is 1. The van der Waals surface area contributed by atoms with Gasteiger partial charge in [-0.2, -0.15) is 0 Å². The summed E-state index contributed by atoms with van der Waals surface area (Å²) in [5.41, 5.74) is 1.48. The number of rotatable bonds is 2. The van der Waals surface area contributed by atoms with Crippen molar-refractivity contribution in [3.8, 4) is 0 Å². The van der Waals surface area contributed by atoms with Crippen molar-refractivity contribution >= 4 is 23.0 Å². The number of carboxylic acid groups (broad SMARTS) is 1. The number of fused-ring (bicyclic) bond motifs is 1. The summed E-state index contributed by atoms with van der Waals surface area (Å²) in [7, 11) is 0. The van der Waals surface area contributed by atoms with Gasteiger partial charge in [0.05, 0.1) is 5.56 Å². The van der Waals surface area contributed by atoms with Gasteiger partial charge in [0.15, 0.2) is 6.29 Å². The molecule has 0 amide bonds. The van der Waals surface area contributed by atoms with Gasteiger partial charge in [-0.3, -0.25) is 4.79 Å². The van der Waals surface area contributed by atoms with Crippen LogP contribution in [0.1, 0.15) is 26.3 Å². The van der Waals surface area contributed by atoms with E-state index in [1.165, 1.54) is 0 Å². The summed E-state index contributed by atoms with van der Waals surface area (Å²) < 4.78 is 0. The van der Waals surface area contributed by atoms with Crippen molar-refractivity contribution in [3.05, 3.63) is 47.0 Å². The lowest BCUT2D eigenvalue weighted by Gasteiger charge is -2.07. The highest BCUT2D eigenvalue weighted by molar-refractivity contribution is 6.09. The Labute approximate surface area is 92.3 Å². The molecule has 3 nitrogen and oxygen atoms in total. The maximum atomic E-state index is 11.1. The van der Waals surface area contributed by atoms with Crippen LogP contribution in [0.2, 0.25) is 0 Å². The second-order valence-corrected chi connectivity index (χ2v) is 3.62. The van der Waals surface area contributed by atoms with E-state index < -0.39 is 5.97 Å². The molecule has 0 aliphatic heterocycles. The first-order valence-electron chi connectivity index (χ1n) is 4.86. The molecule has 0 aliphatic rings. The number of benzene rings is 2. The van der Waals surface area contributed by atoms with E-state index in [9.17, 15) is 9.59 Å². The largest absolute Gasteiger partial charge is 0.478 e. The normalized spacial score (nSPS) is 10.3. The predicted molar refractivity (Wildman–Crippen MR) is 61.0 cm³/mol. The molecule has 0 saturated heterocycles. The maximum Gasteiger partial charge on any atom is 0.336 e. The van der Waals surface area contributed by atoms with E-state index in [2.05, 4.69) is 0 Å². The van der Waals surface area contributed by atoms with E-state index in [0.717, 1.165) is 6.29 Å². The number of carbonyl (C=O) groups excluding carboxylic acids is 1. The zero-order valence-electron chi connectivity index (χ0n) is 8.73. The molecule has 0 aliphatic carbocycles. The van der Waals surface area contributed by atoms with Crippen LogP contribution in [-0.2, 0) is 0 Å². The molecule has 0 heterocycles. The molecule has 80 valence electrons. The molecule has 2 rings (SSSR count). The van der Waals surface area contributed by atoms with Crippen LogP contribution in [0.3, 0.4) is 0 Å². The van der Waals surface area contributed by atoms with Gasteiger partial charge in [0.25, 0.3) is 0 Å². The Morgan fingerprint density at radius 2 is 1.94 bits per heavy atom. The molecule has 1 N–H and O–H groups in total. The third-order valence-corrected chi connectivity index (χ3v) is 2.64. The Bertz CT molecular complexity index is 585. The van der Waals surface area contributed by atoms with E-state index in [-0.39, 0.29) is 5.56 Å². The zero-order chi connectivity index (χ0) is 11.7.